The molecule has 6 nitrogen and oxygen atoms in total. The smallest absolute Gasteiger partial charge is 0.234 e. The monoisotopic (exact) mass is 359 g/mol. The molecule has 1 aromatic heterocycles. The third-order valence-corrected chi connectivity index (χ3v) is 4.06. The van der Waals surface area contributed by atoms with Crippen molar-refractivity contribution < 1.29 is 4.79 Å². The Kier molecular flexibility index (Phi) is 7.09. The van der Waals surface area contributed by atoms with Crippen LogP contribution in [0.4, 0.5) is 0 Å². The fraction of sp³-hybridized carbons (Fsp3) is 0.389. The highest BCUT2D eigenvalue weighted by Crippen LogP contribution is 2.18. The molecule has 1 heterocycles. The van der Waals surface area contributed by atoms with E-state index in [0.717, 1.165) is 17.8 Å². The maximum absolute atomic E-state index is 11.9. The second-order valence-corrected chi connectivity index (χ2v) is 6.24. The van der Waals surface area contributed by atoms with Crippen LogP contribution in [0.25, 0.3) is 11.4 Å². The summed E-state index contributed by atoms with van der Waals surface area (Å²) < 4.78 is 4.30. The highest BCUT2D eigenvalue weighted by Gasteiger charge is 2.14. The van der Waals surface area contributed by atoms with E-state index in [4.69, 9.17) is 12.2 Å². The summed E-state index contributed by atoms with van der Waals surface area (Å²) in [6, 6.07) is 9.92. The van der Waals surface area contributed by atoms with E-state index in [9.17, 15) is 4.79 Å². The van der Waals surface area contributed by atoms with E-state index in [2.05, 4.69) is 17.0 Å². The first-order valence-corrected chi connectivity index (χ1v) is 8.76. The van der Waals surface area contributed by atoms with Gasteiger partial charge in [-0.15, -0.1) is 6.58 Å². The van der Waals surface area contributed by atoms with Gasteiger partial charge in [0, 0.05) is 18.7 Å². The summed E-state index contributed by atoms with van der Waals surface area (Å²) in [5.41, 5.74) is 0.998. The number of hydrogen-bond donors (Lipinski definition) is 1. The van der Waals surface area contributed by atoms with Crippen molar-refractivity contribution >= 4 is 18.1 Å². The summed E-state index contributed by atoms with van der Waals surface area (Å²) in [5, 5.41) is 7.53. The largest absolute Gasteiger partial charge is 0.355 e. The first kappa shape index (κ1) is 19.1. The van der Waals surface area contributed by atoms with E-state index in [-0.39, 0.29) is 5.91 Å². The number of likely N-dealkylation sites (N-methyl/N-ethyl adjacent to an activating group) is 1. The minimum Gasteiger partial charge on any atom is -0.355 e. The first-order chi connectivity index (χ1) is 12.1. The Hall–Kier alpha value is -2.25. The van der Waals surface area contributed by atoms with Gasteiger partial charge in [-0.2, -0.15) is 5.10 Å². The summed E-state index contributed by atoms with van der Waals surface area (Å²) in [4.78, 5) is 13.7. The number of nitrogens with one attached hydrogen (secondary N) is 1. The molecule has 134 valence electrons. The fourth-order valence-corrected chi connectivity index (χ4v) is 2.73. The van der Waals surface area contributed by atoms with Crippen molar-refractivity contribution in [3.8, 4) is 11.4 Å². The normalized spacial score (nSPS) is 10.8. The zero-order chi connectivity index (χ0) is 18.2. The summed E-state index contributed by atoms with van der Waals surface area (Å²) >= 11 is 5.57. The summed E-state index contributed by atoms with van der Waals surface area (Å²) in [5.74, 6) is 0.805. The molecular weight excluding hydrogens is 334 g/mol. The molecule has 0 atom stereocenters. The van der Waals surface area contributed by atoms with Crippen molar-refractivity contribution in [2.45, 2.75) is 26.6 Å². The Bertz CT molecular complexity index is 766. The van der Waals surface area contributed by atoms with E-state index in [1.54, 1.807) is 10.8 Å². The number of amides is 1. The van der Waals surface area contributed by atoms with Crippen molar-refractivity contribution in [2.24, 2.45) is 0 Å². The SMILES string of the molecule is C=CCn1c(-c2ccccc2)nn(CN(C)CC(=O)NCCC)c1=S. The van der Waals surface area contributed by atoms with Gasteiger partial charge in [0.1, 0.15) is 0 Å². The molecule has 0 spiro atoms. The molecule has 2 aromatic rings. The fourth-order valence-electron chi connectivity index (χ4n) is 2.47. The number of hydrogen-bond acceptors (Lipinski definition) is 4. The quantitative estimate of drug-likeness (QED) is 0.552. The molecule has 0 aliphatic carbocycles. The van der Waals surface area contributed by atoms with Gasteiger partial charge in [0.05, 0.1) is 13.2 Å². The average molecular weight is 359 g/mol. The first-order valence-electron chi connectivity index (χ1n) is 8.36. The minimum atomic E-state index is 0.00433. The molecule has 0 aliphatic heterocycles. The summed E-state index contributed by atoms with van der Waals surface area (Å²) in [7, 11) is 1.88. The number of allylic oxidation sites excluding steroid dienone is 1. The third kappa shape index (κ3) is 5.11. The van der Waals surface area contributed by atoms with Crippen molar-refractivity contribution in [1.29, 1.82) is 0 Å². The van der Waals surface area contributed by atoms with Crippen LogP contribution >= 0.6 is 12.2 Å². The molecule has 25 heavy (non-hydrogen) atoms. The van der Waals surface area contributed by atoms with Gasteiger partial charge in [-0.05, 0) is 25.7 Å². The second-order valence-electron chi connectivity index (χ2n) is 5.88. The number of rotatable bonds is 9. The second kappa shape index (κ2) is 9.29. The number of nitrogens with zero attached hydrogens (tertiary/aromatic N) is 4. The lowest BCUT2D eigenvalue weighted by molar-refractivity contribution is -0.122. The maximum atomic E-state index is 11.9. The van der Waals surface area contributed by atoms with Crippen LogP contribution in [0.1, 0.15) is 13.3 Å². The van der Waals surface area contributed by atoms with Gasteiger partial charge in [0.15, 0.2) is 10.6 Å². The van der Waals surface area contributed by atoms with Gasteiger partial charge < -0.3 is 5.32 Å². The Morgan fingerprint density at radius 1 is 1.40 bits per heavy atom. The molecule has 0 radical (unpaired) electrons. The molecule has 0 fully saturated rings. The van der Waals surface area contributed by atoms with E-state index in [1.807, 2.05) is 53.8 Å². The molecule has 1 N–H and O–H groups in total. The van der Waals surface area contributed by atoms with Crippen LogP contribution in [0.5, 0.6) is 0 Å². The third-order valence-electron chi connectivity index (χ3n) is 3.63. The standard InChI is InChI=1S/C18H25N5OS/c1-4-11-19-16(24)13-21(3)14-23-18(25)22(12-5-2)17(20-23)15-9-7-6-8-10-15/h5-10H,2,4,11-14H2,1,3H3,(H,19,24). The molecule has 0 unspecified atom stereocenters. The van der Waals surface area contributed by atoms with Crippen LogP contribution in [0.15, 0.2) is 43.0 Å². The van der Waals surface area contributed by atoms with E-state index < -0.39 is 0 Å². The van der Waals surface area contributed by atoms with E-state index >= 15 is 0 Å². The van der Waals surface area contributed by atoms with Crippen LogP contribution < -0.4 is 5.32 Å². The predicted octanol–water partition coefficient (Wildman–Crippen LogP) is 2.68. The number of benzene rings is 1. The lowest BCUT2D eigenvalue weighted by Crippen LogP contribution is -2.36. The van der Waals surface area contributed by atoms with E-state index in [0.29, 0.717) is 31.1 Å². The predicted molar refractivity (Wildman–Crippen MR) is 103 cm³/mol. The minimum absolute atomic E-state index is 0.00433. The highest BCUT2D eigenvalue weighted by atomic mass is 32.1. The molecule has 0 bridgehead atoms. The van der Waals surface area contributed by atoms with Gasteiger partial charge >= 0.3 is 0 Å². The maximum Gasteiger partial charge on any atom is 0.234 e. The Balaban J connectivity index is 2.20. The van der Waals surface area contributed by atoms with Crippen LogP contribution in [-0.2, 0) is 18.0 Å². The molecule has 2 rings (SSSR count). The van der Waals surface area contributed by atoms with Gasteiger partial charge in [-0.3, -0.25) is 14.3 Å². The van der Waals surface area contributed by atoms with Gasteiger partial charge in [-0.1, -0.05) is 43.3 Å². The van der Waals surface area contributed by atoms with Crippen LogP contribution in [0.3, 0.4) is 0 Å². The molecule has 7 heteroatoms. The van der Waals surface area contributed by atoms with Crippen LogP contribution in [-0.4, -0.2) is 45.3 Å². The zero-order valence-electron chi connectivity index (χ0n) is 14.8. The Morgan fingerprint density at radius 3 is 2.76 bits per heavy atom. The zero-order valence-corrected chi connectivity index (χ0v) is 15.6. The molecule has 0 saturated heterocycles. The van der Waals surface area contributed by atoms with Crippen molar-refractivity contribution in [2.75, 3.05) is 20.1 Å². The summed E-state index contributed by atoms with van der Waals surface area (Å²) in [6.45, 7) is 7.86. The molecule has 0 saturated carbocycles. The highest BCUT2D eigenvalue weighted by molar-refractivity contribution is 7.71. The Labute approximate surface area is 153 Å². The molecular formula is C18H25N5OS. The molecule has 1 amide bonds. The van der Waals surface area contributed by atoms with Crippen LogP contribution in [0.2, 0.25) is 0 Å². The lowest BCUT2D eigenvalue weighted by Gasteiger charge is -2.15. The van der Waals surface area contributed by atoms with E-state index in [1.165, 1.54) is 0 Å². The number of carbonyl (C=O) groups is 1. The number of aromatic nitrogens is 3. The van der Waals surface area contributed by atoms with Crippen molar-refractivity contribution in [3.05, 3.63) is 47.8 Å². The van der Waals surface area contributed by atoms with Gasteiger partial charge in [0.2, 0.25) is 5.91 Å². The number of carbonyl (C=O) groups excluding carboxylic acids is 1. The Morgan fingerprint density at radius 2 is 2.12 bits per heavy atom. The lowest BCUT2D eigenvalue weighted by atomic mass is 10.2. The molecule has 0 aliphatic rings. The van der Waals surface area contributed by atoms with Crippen LogP contribution in [0, 0.1) is 4.77 Å². The molecule has 1 aromatic carbocycles. The topological polar surface area (TPSA) is 55.1 Å². The van der Waals surface area contributed by atoms with Gasteiger partial charge in [-0.25, -0.2) is 4.68 Å². The van der Waals surface area contributed by atoms with Gasteiger partial charge in [0.25, 0.3) is 0 Å². The summed E-state index contributed by atoms with van der Waals surface area (Å²) in [6.07, 6.45) is 2.73. The van der Waals surface area contributed by atoms with Crippen molar-refractivity contribution in [1.82, 2.24) is 24.6 Å². The average Bonchev–Trinajstić information content (AvgIpc) is 2.90. The van der Waals surface area contributed by atoms with Crippen molar-refractivity contribution in [3.63, 3.8) is 0 Å².